The van der Waals surface area contributed by atoms with E-state index < -0.39 is 0 Å². The molecule has 2 aliphatic rings. The SMILES string of the molecule is CC1CN(c2cc(Cl)ccc2CNC2CC2)CCCO1. The molecule has 1 N–H and O–H groups in total. The molecular weight excluding hydrogens is 272 g/mol. The largest absolute Gasteiger partial charge is 0.377 e. The van der Waals surface area contributed by atoms with Crippen LogP contribution >= 0.6 is 11.6 Å². The molecule has 1 aliphatic heterocycles. The Morgan fingerprint density at radius 2 is 2.25 bits per heavy atom. The number of halogens is 1. The molecule has 1 atom stereocenters. The Labute approximate surface area is 126 Å². The molecule has 1 aromatic carbocycles. The van der Waals surface area contributed by atoms with Crippen molar-refractivity contribution in [2.45, 2.75) is 44.9 Å². The fraction of sp³-hybridized carbons (Fsp3) is 0.625. The Morgan fingerprint density at radius 3 is 3.05 bits per heavy atom. The second kappa shape index (κ2) is 6.33. The maximum absolute atomic E-state index is 6.21. The number of nitrogens with one attached hydrogen (secondary N) is 1. The molecule has 1 unspecified atom stereocenters. The third-order valence-electron chi connectivity index (χ3n) is 4.00. The smallest absolute Gasteiger partial charge is 0.0721 e. The van der Waals surface area contributed by atoms with Gasteiger partial charge < -0.3 is 15.0 Å². The van der Waals surface area contributed by atoms with Crippen LogP contribution in [-0.4, -0.2) is 31.8 Å². The van der Waals surface area contributed by atoms with Gasteiger partial charge in [0.05, 0.1) is 6.10 Å². The number of hydrogen-bond donors (Lipinski definition) is 1. The standard InChI is InChI=1S/C16H23ClN2O/c1-12-11-19(7-2-8-20-12)16-9-14(17)4-3-13(16)10-18-15-5-6-15/h3-4,9,12,15,18H,2,5-8,10-11H2,1H3. The van der Waals surface area contributed by atoms with Gasteiger partial charge in [-0.1, -0.05) is 17.7 Å². The topological polar surface area (TPSA) is 24.5 Å². The van der Waals surface area contributed by atoms with Gasteiger partial charge in [-0.15, -0.1) is 0 Å². The second-order valence-corrected chi connectivity index (χ2v) is 6.35. The molecule has 20 heavy (non-hydrogen) atoms. The Bertz CT molecular complexity index is 462. The summed E-state index contributed by atoms with van der Waals surface area (Å²) in [6.07, 6.45) is 3.99. The summed E-state index contributed by atoms with van der Waals surface area (Å²) in [6, 6.07) is 6.98. The molecule has 0 aromatic heterocycles. The van der Waals surface area contributed by atoms with Crippen LogP contribution in [-0.2, 0) is 11.3 Å². The van der Waals surface area contributed by atoms with Crippen LogP contribution < -0.4 is 10.2 Å². The molecule has 0 radical (unpaired) electrons. The number of hydrogen-bond acceptors (Lipinski definition) is 3. The average molecular weight is 295 g/mol. The Kier molecular flexibility index (Phi) is 4.49. The van der Waals surface area contributed by atoms with Gasteiger partial charge in [0.2, 0.25) is 0 Å². The maximum atomic E-state index is 6.21. The quantitative estimate of drug-likeness (QED) is 0.923. The summed E-state index contributed by atoms with van der Waals surface area (Å²) in [6.45, 7) is 5.92. The molecule has 110 valence electrons. The molecule has 3 nitrogen and oxygen atoms in total. The first-order valence-electron chi connectivity index (χ1n) is 7.61. The van der Waals surface area contributed by atoms with E-state index in [1.54, 1.807) is 0 Å². The average Bonchev–Trinajstić information content (AvgIpc) is 3.25. The molecule has 1 saturated carbocycles. The van der Waals surface area contributed by atoms with Crippen LogP contribution in [0.25, 0.3) is 0 Å². The molecule has 4 heteroatoms. The summed E-state index contributed by atoms with van der Waals surface area (Å²) in [5, 5.41) is 4.41. The van der Waals surface area contributed by atoms with E-state index in [-0.39, 0.29) is 6.10 Å². The van der Waals surface area contributed by atoms with Crippen molar-refractivity contribution in [3.8, 4) is 0 Å². The highest BCUT2D eigenvalue weighted by Gasteiger charge is 2.22. The number of nitrogens with zero attached hydrogens (tertiary/aromatic N) is 1. The monoisotopic (exact) mass is 294 g/mol. The van der Waals surface area contributed by atoms with Crippen molar-refractivity contribution in [1.82, 2.24) is 5.32 Å². The first-order valence-corrected chi connectivity index (χ1v) is 7.98. The summed E-state index contributed by atoms with van der Waals surface area (Å²) in [5.41, 5.74) is 2.61. The van der Waals surface area contributed by atoms with E-state index in [0.29, 0.717) is 0 Å². The molecule has 0 spiro atoms. The zero-order valence-electron chi connectivity index (χ0n) is 12.1. The lowest BCUT2D eigenvalue weighted by Gasteiger charge is -2.27. The molecule has 0 amide bonds. The van der Waals surface area contributed by atoms with E-state index in [1.807, 2.05) is 6.07 Å². The van der Waals surface area contributed by atoms with Crippen molar-refractivity contribution >= 4 is 17.3 Å². The summed E-state index contributed by atoms with van der Waals surface area (Å²) in [5.74, 6) is 0. The Balaban J connectivity index is 1.78. The number of benzene rings is 1. The Hall–Kier alpha value is -0.770. The van der Waals surface area contributed by atoms with E-state index in [0.717, 1.165) is 43.7 Å². The zero-order chi connectivity index (χ0) is 13.9. The molecule has 1 heterocycles. The van der Waals surface area contributed by atoms with Gasteiger partial charge in [-0.2, -0.15) is 0 Å². The van der Waals surface area contributed by atoms with Crippen molar-refractivity contribution in [2.24, 2.45) is 0 Å². The Morgan fingerprint density at radius 1 is 1.40 bits per heavy atom. The van der Waals surface area contributed by atoms with Gasteiger partial charge in [0.25, 0.3) is 0 Å². The highest BCUT2D eigenvalue weighted by molar-refractivity contribution is 6.30. The minimum atomic E-state index is 0.278. The van der Waals surface area contributed by atoms with Gasteiger partial charge in [0.15, 0.2) is 0 Å². The predicted octanol–water partition coefficient (Wildman–Crippen LogP) is 3.21. The first-order chi connectivity index (χ1) is 9.72. The van der Waals surface area contributed by atoms with Crippen LogP contribution in [0, 0.1) is 0 Å². The van der Waals surface area contributed by atoms with Crippen molar-refractivity contribution in [3.05, 3.63) is 28.8 Å². The molecule has 1 saturated heterocycles. The van der Waals surface area contributed by atoms with Gasteiger partial charge in [-0.25, -0.2) is 0 Å². The number of anilines is 1. The summed E-state index contributed by atoms with van der Waals surface area (Å²) in [4.78, 5) is 2.42. The van der Waals surface area contributed by atoms with Gasteiger partial charge in [0.1, 0.15) is 0 Å². The molecule has 1 aliphatic carbocycles. The summed E-state index contributed by atoms with van der Waals surface area (Å²) in [7, 11) is 0. The van der Waals surface area contributed by atoms with E-state index >= 15 is 0 Å². The third-order valence-corrected chi connectivity index (χ3v) is 4.23. The molecular formula is C16H23ClN2O. The van der Waals surface area contributed by atoms with Crippen molar-refractivity contribution < 1.29 is 4.74 Å². The van der Waals surface area contributed by atoms with Crippen molar-refractivity contribution in [3.63, 3.8) is 0 Å². The molecule has 3 rings (SSSR count). The highest BCUT2D eigenvalue weighted by atomic mass is 35.5. The highest BCUT2D eigenvalue weighted by Crippen LogP contribution is 2.28. The lowest BCUT2D eigenvalue weighted by atomic mass is 10.1. The van der Waals surface area contributed by atoms with Crippen LogP contribution in [0.5, 0.6) is 0 Å². The first kappa shape index (κ1) is 14.2. The van der Waals surface area contributed by atoms with Crippen LogP contribution in [0.1, 0.15) is 31.7 Å². The van der Waals surface area contributed by atoms with Gasteiger partial charge in [-0.05, 0) is 43.9 Å². The maximum Gasteiger partial charge on any atom is 0.0721 e. The van der Waals surface area contributed by atoms with E-state index in [4.69, 9.17) is 16.3 Å². The fourth-order valence-corrected chi connectivity index (χ4v) is 2.90. The zero-order valence-corrected chi connectivity index (χ0v) is 12.8. The number of ether oxygens (including phenoxy) is 1. The lowest BCUT2D eigenvalue weighted by Crippen LogP contribution is -2.31. The lowest BCUT2D eigenvalue weighted by molar-refractivity contribution is 0.0821. The molecule has 0 bridgehead atoms. The fourth-order valence-electron chi connectivity index (χ4n) is 2.74. The molecule has 2 fully saturated rings. The minimum Gasteiger partial charge on any atom is -0.377 e. The van der Waals surface area contributed by atoms with Crippen LogP contribution in [0.4, 0.5) is 5.69 Å². The minimum absolute atomic E-state index is 0.278. The van der Waals surface area contributed by atoms with Crippen LogP contribution in [0.15, 0.2) is 18.2 Å². The van der Waals surface area contributed by atoms with Crippen molar-refractivity contribution in [1.29, 1.82) is 0 Å². The summed E-state index contributed by atoms with van der Waals surface area (Å²) < 4.78 is 5.74. The van der Waals surface area contributed by atoms with Crippen LogP contribution in [0.2, 0.25) is 5.02 Å². The second-order valence-electron chi connectivity index (χ2n) is 5.91. The van der Waals surface area contributed by atoms with Crippen molar-refractivity contribution in [2.75, 3.05) is 24.6 Å². The van der Waals surface area contributed by atoms with Gasteiger partial charge in [-0.3, -0.25) is 0 Å². The third kappa shape index (κ3) is 3.66. The van der Waals surface area contributed by atoms with E-state index in [1.165, 1.54) is 24.1 Å². The molecule has 1 aromatic rings. The predicted molar refractivity (Wildman–Crippen MR) is 83.6 cm³/mol. The normalized spacial score (nSPS) is 23.7. The van der Waals surface area contributed by atoms with Gasteiger partial charge >= 0.3 is 0 Å². The van der Waals surface area contributed by atoms with Crippen LogP contribution in [0.3, 0.4) is 0 Å². The van der Waals surface area contributed by atoms with Gasteiger partial charge in [0, 0.05) is 43.0 Å². The summed E-state index contributed by atoms with van der Waals surface area (Å²) >= 11 is 6.21. The van der Waals surface area contributed by atoms with E-state index in [9.17, 15) is 0 Å². The number of rotatable bonds is 4. The van der Waals surface area contributed by atoms with E-state index in [2.05, 4.69) is 29.3 Å².